The third kappa shape index (κ3) is 4.88. The molecule has 0 aliphatic heterocycles. The number of hydrogen-bond donors (Lipinski definition) is 2. The normalized spacial score (nSPS) is 15.6. The molecule has 1 saturated carbocycles. The Bertz CT molecular complexity index is 371. The number of thioether (sulfide) groups is 1. The van der Waals surface area contributed by atoms with Gasteiger partial charge in [-0.1, -0.05) is 18.2 Å². The lowest BCUT2D eigenvalue weighted by Gasteiger charge is -2.15. The molecule has 1 unspecified atom stereocenters. The molecule has 3 nitrogen and oxygen atoms in total. The van der Waals surface area contributed by atoms with Gasteiger partial charge in [0.05, 0.1) is 5.75 Å². The second-order valence-electron chi connectivity index (χ2n) is 4.35. The highest BCUT2D eigenvalue weighted by Crippen LogP contribution is 2.32. The van der Waals surface area contributed by atoms with Crippen LogP contribution in [0.3, 0.4) is 0 Å². The lowest BCUT2D eigenvalue weighted by Crippen LogP contribution is -2.42. The van der Waals surface area contributed by atoms with Crippen molar-refractivity contribution in [2.45, 2.75) is 23.8 Å². The molecule has 0 bridgehead atoms. The highest BCUT2D eigenvalue weighted by atomic mass is 35.5. The molecule has 1 aromatic rings. The van der Waals surface area contributed by atoms with Crippen molar-refractivity contribution in [2.24, 2.45) is 11.7 Å². The van der Waals surface area contributed by atoms with Gasteiger partial charge in [-0.05, 0) is 30.9 Å². The minimum absolute atomic E-state index is 0. The van der Waals surface area contributed by atoms with E-state index in [9.17, 15) is 4.79 Å². The van der Waals surface area contributed by atoms with Gasteiger partial charge in [0.1, 0.15) is 0 Å². The van der Waals surface area contributed by atoms with E-state index in [0.717, 1.165) is 4.90 Å². The fourth-order valence-corrected chi connectivity index (χ4v) is 2.51. The zero-order chi connectivity index (χ0) is 12.1. The molecule has 1 fully saturated rings. The molecule has 2 rings (SSSR count). The molecule has 3 N–H and O–H groups in total. The second kappa shape index (κ2) is 7.67. The zero-order valence-electron chi connectivity index (χ0n) is 10.2. The van der Waals surface area contributed by atoms with Gasteiger partial charge in [0, 0.05) is 17.5 Å². The molecule has 0 aromatic heterocycles. The van der Waals surface area contributed by atoms with E-state index in [0.29, 0.717) is 18.2 Å². The molecule has 18 heavy (non-hydrogen) atoms. The summed E-state index contributed by atoms with van der Waals surface area (Å²) in [4.78, 5) is 12.9. The number of carbonyl (C=O) groups excluding carboxylic acids is 1. The molecule has 0 saturated heterocycles. The third-order valence-electron chi connectivity index (χ3n) is 2.90. The van der Waals surface area contributed by atoms with Gasteiger partial charge in [-0.2, -0.15) is 0 Å². The molecule has 5 heteroatoms. The van der Waals surface area contributed by atoms with Gasteiger partial charge in [0.15, 0.2) is 0 Å². The number of rotatable bonds is 6. The lowest BCUT2D eigenvalue weighted by molar-refractivity contribution is -0.119. The minimum Gasteiger partial charge on any atom is -0.351 e. The van der Waals surface area contributed by atoms with E-state index in [1.54, 1.807) is 11.8 Å². The molecule has 0 heterocycles. The van der Waals surface area contributed by atoms with Crippen LogP contribution in [0.2, 0.25) is 0 Å². The highest BCUT2D eigenvalue weighted by Gasteiger charge is 2.31. The van der Waals surface area contributed by atoms with E-state index in [1.807, 2.05) is 30.3 Å². The van der Waals surface area contributed by atoms with Crippen LogP contribution < -0.4 is 11.1 Å². The van der Waals surface area contributed by atoms with Crippen LogP contribution in [0.5, 0.6) is 0 Å². The molecular weight excluding hydrogens is 268 g/mol. The summed E-state index contributed by atoms with van der Waals surface area (Å²) >= 11 is 1.56. The van der Waals surface area contributed by atoms with E-state index in [1.165, 1.54) is 12.8 Å². The molecule has 0 spiro atoms. The number of carbonyl (C=O) groups is 1. The number of halogens is 1. The summed E-state index contributed by atoms with van der Waals surface area (Å²) in [5.74, 6) is 1.17. The Morgan fingerprint density at radius 2 is 2.06 bits per heavy atom. The third-order valence-corrected chi connectivity index (χ3v) is 3.92. The fourth-order valence-electron chi connectivity index (χ4n) is 1.78. The molecule has 1 aliphatic carbocycles. The van der Waals surface area contributed by atoms with E-state index < -0.39 is 0 Å². The summed E-state index contributed by atoms with van der Waals surface area (Å²) < 4.78 is 0. The van der Waals surface area contributed by atoms with Crippen LogP contribution in [0.25, 0.3) is 0 Å². The molecular formula is C13H19ClN2OS. The van der Waals surface area contributed by atoms with Crippen molar-refractivity contribution in [3.8, 4) is 0 Å². The summed E-state index contributed by atoms with van der Waals surface area (Å²) in [6.45, 7) is 0.548. The second-order valence-corrected chi connectivity index (χ2v) is 5.40. The first-order chi connectivity index (χ1) is 8.29. The van der Waals surface area contributed by atoms with Crippen LogP contribution in [-0.2, 0) is 4.79 Å². The van der Waals surface area contributed by atoms with Crippen LogP contribution in [0.1, 0.15) is 12.8 Å². The van der Waals surface area contributed by atoms with Gasteiger partial charge in [0.2, 0.25) is 5.91 Å². The van der Waals surface area contributed by atoms with Gasteiger partial charge < -0.3 is 11.1 Å². The summed E-state index contributed by atoms with van der Waals surface area (Å²) in [7, 11) is 0. The predicted molar refractivity (Wildman–Crippen MR) is 78.1 cm³/mol. The Morgan fingerprint density at radius 1 is 1.39 bits per heavy atom. The average Bonchev–Trinajstić information content (AvgIpc) is 3.19. The topological polar surface area (TPSA) is 55.1 Å². The molecule has 0 radical (unpaired) electrons. The van der Waals surface area contributed by atoms with Crippen LogP contribution in [0, 0.1) is 5.92 Å². The number of nitrogens with two attached hydrogens (primary N) is 1. The molecule has 1 atom stereocenters. The van der Waals surface area contributed by atoms with E-state index in [-0.39, 0.29) is 24.4 Å². The van der Waals surface area contributed by atoms with Gasteiger partial charge in [-0.15, -0.1) is 24.2 Å². The van der Waals surface area contributed by atoms with Gasteiger partial charge in [0.25, 0.3) is 0 Å². The zero-order valence-corrected chi connectivity index (χ0v) is 11.8. The van der Waals surface area contributed by atoms with Crippen molar-refractivity contribution in [1.29, 1.82) is 0 Å². The van der Waals surface area contributed by atoms with Crippen LogP contribution in [0.4, 0.5) is 0 Å². The Balaban J connectivity index is 0.00000162. The SMILES string of the molecule is Cl.NCC(NC(=O)CSc1ccccc1)C1CC1. The van der Waals surface area contributed by atoms with E-state index >= 15 is 0 Å². The first kappa shape index (κ1) is 15.3. The fraction of sp³-hybridized carbons (Fsp3) is 0.462. The van der Waals surface area contributed by atoms with Crippen molar-refractivity contribution in [3.05, 3.63) is 30.3 Å². The average molecular weight is 287 g/mol. The van der Waals surface area contributed by atoms with Crippen LogP contribution in [0.15, 0.2) is 35.2 Å². The highest BCUT2D eigenvalue weighted by molar-refractivity contribution is 8.00. The monoisotopic (exact) mass is 286 g/mol. The molecule has 1 aliphatic rings. The number of nitrogens with one attached hydrogen (secondary N) is 1. The van der Waals surface area contributed by atoms with Crippen molar-refractivity contribution >= 4 is 30.1 Å². The first-order valence-corrected chi connectivity index (χ1v) is 6.95. The van der Waals surface area contributed by atoms with Crippen molar-refractivity contribution in [3.63, 3.8) is 0 Å². The maximum absolute atomic E-state index is 11.7. The number of benzene rings is 1. The van der Waals surface area contributed by atoms with Crippen molar-refractivity contribution < 1.29 is 4.79 Å². The Morgan fingerprint density at radius 3 is 2.61 bits per heavy atom. The summed E-state index contributed by atoms with van der Waals surface area (Å²) in [6, 6.07) is 10.1. The van der Waals surface area contributed by atoms with Crippen molar-refractivity contribution in [1.82, 2.24) is 5.32 Å². The standard InChI is InChI=1S/C13H18N2OS.ClH/c14-8-12(10-6-7-10)15-13(16)9-17-11-4-2-1-3-5-11;/h1-5,10,12H,6-9,14H2,(H,15,16);1H. The van der Waals surface area contributed by atoms with Gasteiger partial charge in [-0.3, -0.25) is 4.79 Å². The van der Waals surface area contributed by atoms with Crippen molar-refractivity contribution in [2.75, 3.05) is 12.3 Å². The van der Waals surface area contributed by atoms with Crippen LogP contribution in [-0.4, -0.2) is 24.2 Å². The Hall–Kier alpha value is -0.710. The molecule has 1 aromatic carbocycles. The largest absolute Gasteiger partial charge is 0.351 e. The van der Waals surface area contributed by atoms with Gasteiger partial charge >= 0.3 is 0 Å². The van der Waals surface area contributed by atoms with Gasteiger partial charge in [-0.25, -0.2) is 0 Å². The maximum Gasteiger partial charge on any atom is 0.230 e. The smallest absolute Gasteiger partial charge is 0.230 e. The molecule has 100 valence electrons. The number of hydrogen-bond acceptors (Lipinski definition) is 3. The van der Waals surface area contributed by atoms with E-state index in [4.69, 9.17) is 5.73 Å². The van der Waals surface area contributed by atoms with Crippen LogP contribution >= 0.6 is 24.2 Å². The first-order valence-electron chi connectivity index (χ1n) is 5.97. The Kier molecular flexibility index (Phi) is 6.54. The van der Waals surface area contributed by atoms with E-state index in [2.05, 4.69) is 5.32 Å². The lowest BCUT2D eigenvalue weighted by atomic mass is 10.2. The molecule has 1 amide bonds. The summed E-state index contributed by atoms with van der Waals surface area (Å²) in [5, 5.41) is 3.01. The predicted octanol–water partition coefficient (Wildman–Crippen LogP) is 2.05. The quantitative estimate of drug-likeness (QED) is 0.787. The number of amides is 1. The maximum atomic E-state index is 11.7. The minimum atomic E-state index is 0. The Labute approximate surface area is 118 Å². The summed E-state index contributed by atoms with van der Waals surface area (Å²) in [6.07, 6.45) is 2.40. The summed E-state index contributed by atoms with van der Waals surface area (Å²) in [5.41, 5.74) is 5.65.